The Labute approximate surface area is 79.4 Å². The van der Waals surface area contributed by atoms with Gasteiger partial charge in [0.15, 0.2) is 0 Å². The standard InChI is InChI=1S/Cl4N6P/c1-11(2,3,4,9-7-5)10-8-6/q-1. The van der Waals surface area contributed by atoms with Gasteiger partial charge in [0.05, 0.1) is 0 Å². The fourth-order valence-corrected chi connectivity index (χ4v) is 1.25. The van der Waals surface area contributed by atoms with Crippen molar-refractivity contribution < 1.29 is 0 Å². The molecule has 0 aromatic heterocycles. The van der Waals surface area contributed by atoms with Crippen molar-refractivity contribution in [1.29, 1.82) is 0 Å². The molecule has 0 saturated carbocycles. The Morgan fingerprint density at radius 2 is 1.18 bits per heavy atom. The van der Waals surface area contributed by atoms with Crippen molar-refractivity contribution in [2.75, 3.05) is 0 Å². The SMILES string of the molecule is [N-]=[N+]=N[P-](Cl)(Cl)(Cl)(Cl)N=[N+]=[N-]. The van der Waals surface area contributed by atoms with Crippen LogP contribution in [0, 0.1) is 0 Å². The molecule has 0 N–H and O–H groups in total. The van der Waals surface area contributed by atoms with Gasteiger partial charge in [0.25, 0.3) is 0 Å². The molecule has 0 heterocycles. The third kappa shape index (κ3) is 4.62. The van der Waals surface area contributed by atoms with Gasteiger partial charge in [0, 0.05) is 0 Å². The zero-order valence-electron chi connectivity index (χ0n) is 4.64. The predicted octanol–water partition coefficient (Wildman–Crippen LogP) is 5.14. The minimum absolute atomic E-state index is 2.16. The van der Waals surface area contributed by atoms with E-state index in [-0.39, 0.29) is 0 Å². The van der Waals surface area contributed by atoms with E-state index in [1.165, 1.54) is 0 Å². The second kappa shape index (κ2) is 2.35. The van der Waals surface area contributed by atoms with Gasteiger partial charge in [-0.3, -0.25) is 0 Å². The van der Waals surface area contributed by atoms with Crippen LogP contribution in [0.4, 0.5) is 0 Å². The first kappa shape index (κ1) is 11.2. The van der Waals surface area contributed by atoms with Crippen LogP contribution >= 0.6 is 48.6 Å². The normalized spacial score (nSPS) is 16.7. The summed E-state index contributed by atoms with van der Waals surface area (Å²) in [6.07, 6.45) is 0. The second-order valence-corrected chi connectivity index (χ2v) is 16.8. The first-order valence-electron chi connectivity index (χ1n) is 1.88. The molecule has 11 heteroatoms. The molecule has 0 unspecified atom stereocenters. The average Bonchev–Trinajstić information content (AvgIpc) is 1.59. The molecule has 0 aromatic rings. The summed E-state index contributed by atoms with van der Waals surface area (Å²) in [7, 11) is 0. The Hall–Kier alpha value is 0.210. The van der Waals surface area contributed by atoms with Crippen molar-refractivity contribution in [3.63, 3.8) is 0 Å². The van der Waals surface area contributed by atoms with Crippen LogP contribution in [0.5, 0.6) is 0 Å². The molecule has 0 saturated heterocycles. The third-order valence-corrected chi connectivity index (χ3v) is 2.91. The number of hydrogen-bond acceptors (Lipinski definition) is 2. The molecule has 0 fully saturated rings. The van der Waals surface area contributed by atoms with Crippen molar-refractivity contribution in [3.05, 3.63) is 20.9 Å². The number of rotatable bonds is 2. The average molecular weight is 257 g/mol. The molecular weight excluding hydrogens is 257 g/mol. The van der Waals surface area contributed by atoms with Gasteiger partial charge in [-0.05, 0) is 0 Å². The van der Waals surface area contributed by atoms with Gasteiger partial charge in [-0.15, -0.1) is 0 Å². The molecule has 0 aliphatic rings. The maximum atomic E-state index is 7.93. The van der Waals surface area contributed by atoms with Gasteiger partial charge in [0.2, 0.25) is 0 Å². The van der Waals surface area contributed by atoms with Gasteiger partial charge in [-0.2, -0.15) is 0 Å². The fraction of sp³-hybridized carbons (Fsp3) is 0. The monoisotopic (exact) mass is 255 g/mol. The van der Waals surface area contributed by atoms with E-state index in [0.717, 1.165) is 0 Å². The van der Waals surface area contributed by atoms with Crippen molar-refractivity contribution in [1.82, 2.24) is 0 Å². The van der Waals surface area contributed by atoms with Crippen molar-refractivity contribution in [2.24, 2.45) is 9.77 Å². The van der Waals surface area contributed by atoms with Crippen LogP contribution in [-0.4, -0.2) is 0 Å². The molecule has 0 aliphatic heterocycles. The summed E-state index contributed by atoms with van der Waals surface area (Å²) in [6.45, 7) is 0. The van der Waals surface area contributed by atoms with E-state index in [1.807, 2.05) is 0 Å². The molecule has 0 spiro atoms. The van der Waals surface area contributed by atoms with Crippen molar-refractivity contribution in [2.45, 2.75) is 0 Å². The van der Waals surface area contributed by atoms with Gasteiger partial charge in [-0.25, -0.2) is 0 Å². The van der Waals surface area contributed by atoms with Crippen LogP contribution in [0.2, 0.25) is 0 Å². The quantitative estimate of drug-likeness (QED) is 0.283. The molecule has 64 valence electrons. The first-order chi connectivity index (χ1) is 4.62. The Morgan fingerprint density at radius 3 is 1.36 bits per heavy atom. The molecule has 11 heavy (non-hydrogen) atoms. The zero-order chi connectivity index (χ0) is 9.24. The van der Waals surface area contributed by atoms with Crippen molar-refractivity contribution >= 4 is 48.6 Å². The van der Waals surface area contributed by atoms with Gasteiger partial charge < -0.3 is 0 Å². The fourth-order valence-electron chi connectivity index (χ4n) is 0.175. The molecular formula is Cl4N6P-. The van der Waals surface area contributed by atoms with E-state index in [9.17, 15) is 0 Å². The molecule has 0 radical (unpaired) electrons. The van der Waals surface area contributed by atoms with E-state index in [0.29, 0.717) is 0 Å². The molecule has 0 bridgehead atoms. The zero-order valence-corrected chi connectivity index (χ0v) is 8.56. The Kier molecular flexibility index (Phi) is 2.39. The number of azide groups is 1. The van der Waals surface area contributed by atoms with Crippen molar-refractivity contribution in [3.8, 4) is 0 Å². The number of hydrogen-bond donors (Lipinski definition) is 0. The van der Waals surface area contributed by atoms with E-state index in [1.54, 1.807) is 0 Å². The summed E-state index contributed by atoms with van der Waals surface area (Å²) in [4.78, 5) is 9.66. The maximum absolute atomic E-state index is 7.93. The van der Waals surface area contributed by atoms with Crippen LogP contribution in [0.3, 0.4) is 0 Å². The number of nitrogens with zero attached hydrogens (tertiary/aromatic N) is 6. The van der Waals surface area contributed by atoms with E-state index in [2.05, 4.69) is 19.6 Å². The van der Waals surface area contributed by atoms with Crippen LogP contribution in [0.25, 0.3) is 20.9 Å². The van der Waals surface area contributed by atoms with Crippen LogP contribution in [-0.2, 0) is 0 Å². The summed E-state index contributed by atoms with van der Waals surface area (Å²) < 4.78 is -5.50. The summed E-state index contributed by atoms with van der Waals surface area (Å²) in [5, 5.41) is 0. The van der Waals surface area contributed by atoms with Crippen LogP contribution < -0.4 is 0 Å². The van der Waals surface area contributed by atoms with Gasteiger partial charge >= 0.3 is 79.3 Å². The Morgan fingerprint density at radius 1 is 0.909 bits per heavy atom. The van der Waals surface area contributed by atoms with E-state index < -0.39 is 3.66 Å². The molecule has 0 atom stereocenters. The second-order valence-electron chi connectivity index (χ2n) is 1.44. The molecule has 6 nitrogen and oxygen atoms in total. The van der Waals surface area contributed by atoms with Gasteiger partial charge in [0.1, 0.15) is 0 Å². The Balaban J connectivity index is 5.54. The third-order valence-electron chi connectivity index (χ3n) is 0.430. The summed E-state index contributed by atoms with van der Waals surface area (Å²) in [5.41, 5.74) is 15.9. The number of halogens is 4. The van der Waals surface area contributed by atoms with Crippen LogP contribution in [0.1, 0.15) is 0 Å². The summed E-state index contributed by atoms with van der Waals surface area (Å²) in [5.74, 6) is 0. The van der Waals surface area contributed by atoms with E-state index in [4.69, 9.17) is 56.0 Å². The topological polar surface area (TPSA) is 97.5 Å². The predicted molar refractivity (Wildman–Crippen MR) is 48.6 cm³/mol. The molecule has 0 aliphatic carbocycles. The molecule has 0 rings (SSSR count). The van der Waals surface area contributed by atoms with Crippen LogP contribution in [0.15, 0.2) is 9.77 Å². The first-order valence-corrected chi connectivity index (χ1v) is 8.09. The van der Waals surface area contributed by atoms with Gasteiger partial charge in [-0.1, -0.05) is 0 Å². The molecule has 0 aromatic carbocycles. The van der Waals surface area contributed by atoms with E-state index >= 15 is 0 Å². The molecule has 0 amide bonds. The summed E-state index contributed by atoms with van der Waals surface area (Å²) >= 11 is 21.0. The Bertz CT molecular complexity index is 246. The summed E-state index contributed by atoms with van der Waals surface area (Å²) in [6, 6.07) is 0. The minimum atomic E-state index is -5.50.